The minimum absolute atomic E-state index is 0.451. The van der Waals surface area contributed by atoms with Crippen LogP contribution in [0.25, 0.3) is 0 Å². The Labute approximate surface area is 111 Å². The van der Waals surface area contributed by atoms with Gasteiger partial charge in [0.1, 0.15) is 11.5 Å². The fourth-order valence-electron chi connectivity index (χ4n) is 1.60. The summed E-state index contributed by atoms with van der Waals surface area (Å²) in [6.45, 7) is 2.83. The van der Waals surface area contributed by atoms with Gasteiger partial charge in [0.25, 0.3) is 0 Å². The summed E-state index contributed by atoms with van der Waals surface area (Å²) in [4.78, 5) is 15.0. The first-order valence-corrected chi connectivity index (χ1v) is 5.95. The summed E-state index contributed by atoms with van der Waals surface area (Å²) in [6.07, 6.45) is 3.36. The molecule has 1 aromatic heterocycles. The van der Waals surface area contributed by atoms with Crippen LogP contribution in [-0.4, -0.2) is 17.4 Å². The lowest BCUT2D eigenvalue weighted by Crippen LogP contribution is -2.10. The first-order valence-electron chi connectivity index (χ1n) is 5.95. The maximum absolute atomic E-state index is 11.0. The van der Waals surface area contributed by atoms with Crippen LogP contribution in [0, 0.1) is 0 Å². The molecule has 0 aliphatic rings. The van der Waals surface area contributed by atoms with E-state index < -0.39 is 5.91 Å². The van der Waals surface area contributed by atoms with Crippen molar-refractivity contribution in [2.45, 2.75) is 6.92 Å². The van der Waals surface area contributed by atoms with Crippen LogP contribution in [0.2, 0.25) is 0 Å². The van der Waals surface area contributed by atoms with Crippen molar-refractivity contribution in [3.63, 3.8) is 0 Å². The van der Waals surface area contributed by atoms with Gasteiger partial charge >= 0.3 is 0 Å². The molecular weight excluding hydrogens is 242 g/mol. The number of nitrogens with one attached hydrogen (secondary N) is 1. The van der Waals surface area contributed by atoms with Crippen LogP contribution in [0.3, 0.4) is 0 Å². The zero-order valence-corrected chi connectivity index (χ0v) is 10.6. The third-order valence-electron chi connectivity index (χ3n) is 2.47. The minimum atomic E-state index is -0.456. The molecule has 3 N–H and O–H groups in total. The highest BCUT2D eigenvalue weighted by Gasteiger charge is 2.02. The van der Waals surface area contributed by atoms with Crippen molar-refractivity contribution in [2.75, 3.05) is 11.9 Å². The molecule has 0 atom stereocenters. The molecule has 19 heavy (non-hydrogen) atoms. The number of carbonyl (C=O) groups excluding carboxylic acids is 1. The SMILES string of the molecule is CCNc1cncc(Oc2ccc(C(N)=O)cc2)c1. The molecule has 2 rings (SSSR count). The third kappa shape index (κ3) is 3.45. The van der Waals surface area contributed by atoms with E-state index in [1.165, 1.54) is 0 Å². The van der Waals surface area contributed by atoms with Gasteiger partial charge in [0.05, 0.1) is 18.1 Å². The van der Waals surface area contributed by atoms with E-state index in [-0.39, 0.29) is 0 Å². The number of ether oxygens (including phenoxy) is 1. The topological polar surface area (TPSA) is 77.2 Å². The monoisotopic (exact) mass is 257 g/mol. The van der Waals surface area contributed by atoms with E-state index >= 15 is 0 Å². The van der Waals surface area contributed by atoms with Gasteiger partial charge in [-0.2, -0.15) is 0 Å². The van der Waals surface area contributed by atoms with E-state index in [4.69, 9.17) is 10.5 Å². The summed E-state index contributed by atoms with van der Waals surface area (Å²) in [5, 5.41) is 3.15. The van der Waals surface area contributed by atoms with Crippen LogP contribution >= 0.6 is 0 Å². The largest absolute Gasteiger partial charge is 0.456 e. The van der Waals surface area contributed by atoms with Gasteiger partial charge in [-0.3, -0.25) is 9.78 Å². The average molecular weight is 257 g/mol. The Morgan fingerprint density at radius 2 is 2.00 bits per heavy atom. The number of primary amides is 1. The van der Waals surface area contributed by atoms with Crippen molar-refractivity contribution in [2.24, 2.45) is 5.73 Å². The molecule has 5 nitrogen and oxygen atoms in total. The van der Waals surface area contributed by atoms with Gasteiger partial charge in [0, 0.05) is 18.2 Å². The Hall–Kier alpha value is -2.56. The second-order valence-corrected chi connectivity index (χ2v) is 3.93. The number of nitrogens with two attached hydrogens (primary N) is 1. The highest BCUT2D eigenvalue weighted by atomic mass is 16.5. The van der Waals surface area contributed by atoms with E-state index in [0.29, 0.717) is 17.1 Å². The molecule has 0 radical (unpaired) electrons. The minimum Gasteiger partial charge on any atom is -0.456 e. The van der Waals surface area contributed by atoms with Crippen molar-refractivity contribution in [1.29, 1.82) is 0 Å². The van der Waals surface area contributed by atoms with Crippen molar-refractivity contribution < 1.29 is 9.53 Å². The van der Waals surface area contributed by atoms with E-state index in [1.54, 1.807) is 36.7 Å². The van der Waals surface area contributed by atoms with Crippen LogP contribution in [0.1, 0.15) is 17.3 Å². The lowest BCUT2D eigenvalue weighted by atomic mass is 10.2. The van der Waals surface area contributed by atoms with Crippen molar-refractivity contribution in [3.8, 4) is 11.5 Å². The van der Waals surface area contributed by atoms with Crippen molar-refractivity contribution in [3.05, 3.63) is 48.3 Å². The van der Waals surface area contributed by atoms with Crippen molar-refractivity contribution in [1.82, 2.24) is 4.98 Å². The quantitative estimate of drug-likeness (QED) is 0.862. The number of anilines is 1. The van der Waals surface area contributed by atoms with Gasteiger partial charge in [-0.15, -0.1) is 0 Å². The molecule has 0 bridgehead atoms. The molecule has 2 aromatic rings. The first-order chi connectivity index (χ1) is 9.19. The number of hydrogen-bond donors (Lipinski definition) is 2. The number of nitrogens with zero attached hydrogens (tertiary/aromatic N) is 1. The first kappa shape index (κ1) is 12.9. The molecule has 1 heterocycles. The number of carbonyl (C=O) groups is 1. The number of benzene rings is 1. The van der Waals surface area contributed by atoms with E-state index in [2.05, 4.69) is 10.3 Å². The number of amides is 1. The molecule has 0 aliphatic carbocycles. The molecule has 1 amide bonds. The molecule has 1 aromatic carbocycles. The summed E-state index contributed by atoms with van der Waals surface area (Å²) in [7, 11) is 0. The summed E-state index contributed by atoms with van der Waals surface area (Å²) in [5.41, 5.74) is 6.52. The second kappa shape index (κ2) is 5.86. The summed E-state index contributed by atoms with van der Waals surface area (Å²) < 4.78 is 5.65. The Balaban J connectivity index is 2.12. The maximum Gasteiger partial charge on any atom is 0.248 e. The highest BCUT2D eigenvalue weighted by molar-refractivity contribution is 5.92. The zero-order chi connectivity index (χ0) is 13.7. The molecule has 0 fully saturated rings. The molecule has 5 heteroatoms. The van der Waals surface area contributed by atoms with E-state index in [1.807, 2.05) is 13.0 Å². The number of pyridine rings is 1. The molecule has 0 spiro atoms. The Kier molecular flexibility index (Phi) is 3.97. The fourth-order valence-corrected chi connectivity index (χ4v) is 1.60. The van der Waals surface area contributed by atoms with Gasteiger partial charge in [0.2, 0.25) is 5.91 Å². The summed E-state index contributed by atoms with van der Waals surface area (Å²) in [5.74, 6) is 0.799. The summed E-state index contributed by atoms with van der Waals surface area (Å²) in [6, 6.07) is 8.50. The molecular formula is C14H15N3O2. The van der Waals surface area contributed by atoms with Crippen molar-refractivity contribution >= 4 is 11.6 Å². The highest BCUT2D eigenvalue weighted by Crippen LogP contribution is 2.23. The van der Waals surface area contributed by atoms with E-state index in [9.17, 15) is 4.79 Å². The summed E-state index contributed by atoms with van der Waals surface area (Å²) >= 11 is 0. The van der Waals surface area contributed by atoms with Gasteiger partial charge in [0.15, 0.2) is 0 Å². The van der Waals surface area contributed by atoms with Gasteiger partial charge in [-0.1, -0.05) is 0 Å². The maximum atomic E-state index is 11.0. The van der Waals surface area contributed by atoms with Crippen LogP contribution in [0.15, 0.2) is 42.7 Å². The second-order valence-electron chi connectivity index (χ2n) is 3.93. The third-order valence-corrected chi connectivity index (χ3v) is 2.47. The molecule has 0 unspecified atom stereocenters. The number of hydrogen-bond acceptors (Lipinski definition) is 4. The number of rotatable bonds is 5. The zero-order valence-electron chi connectivity index (χ0n) is 10.6. The van der Waals surface area contributed by atoms with E-state index in [0.717, 1.165) is 12.2 Å². The van der Waals surface area contributed by atoms with Crippen LogP contribution in [-0.2, 0) is 0 Å². The number of aromatic nitrogens is 1. The van der Waals surface area contributed by atoms with Gasteiger partial charge in [-0.05, 0) is 31.2 Å². The van der Waals surface area contributed by atoms with Gasteiger partial charge in [-0.25, -0.2) is 0 Å². The predicted molar refractivity (Wildman–Crippen MR) is 73.4 cm³/mol. The standard InChI is InChI=1S/C14H15N3O2/c1-2-17-11-7-13(9-16-8-11)19-12-5-3-10(4-6-12)14(15)18/h3-9,17H,2H2,1H3,(H2,15,18). The lowest BCUT2D eigenvalue weighted by Gasteiger charge is -2.08. The molecule has 0 saturated carbocycles. The Morgan fingerprint density at radius 1 is 1.26 bits per heavy atom. The lowest BCUT2D eigenvalue weighted by molar-refractivity contribution is 0.100. The predicted octanol–water partition coefficient (Wildman–Crippen LogP) is 2.40. The normalized spacial score (nSPS) is 9.95. The molecule has 0 saturated heterocycles. The Morgan fingerprint density at radius 3 is 2.63 bits per heavy atom. The molecule has 98 valence electrons. The average Bonchev–Trinajstić information content (AvgIpc) is 2.40. The van der Waals surface area contributed by atoms with Gasteiger partial charge < -0.3 is 15.8 Å². The smallest absolute Gasteiger partial charge is 0.248 e. The van der Waals surface area contributed by atoms with Crippen LogP contribution in [0.5, 0.6) is 11.5 Å². The van der Waals surface area contributed by atoms with Crippen LogP contribution < -0.4 is 15.8 Å². The fraction of sp³-hybridized carbons (Fsp3) is 0.143. The van der Waals surface area contributed by atoms with Crippen LogP contribution in [0.4, 0.5) is 5.69 Å². The molecule has 0 aliphatic heterocycles. The Bertz CT molecular complexity index is 567.